The molecule has 64 heavy (non-hydrogen) atoms. The van der Waals surface area contributed by atoms with Crippen molar-refractivity contribution in [2.45, 2.75) is 0 Å². The summed E-state index contributed by atoms with van der Waals surface area (Å²) in [6.07, 6.45) is 17.8. The van der Waals surface area contributed by atoms with E-state index in [1.165, 1.54) is 0 Å². The lowest BCUT2D eigenvalue weighted by atomic mass is 10.0. The largest absolute Gasteiger partial charge is 0.307 e. The average Bonchev–Trinajstić information content (AvgIpc) is 3.88. The Labute approximate surface area is 364 Å². The number of fused-ring (bicyclic) bond motifs is 6. The van der Waals surface area contributed by atoms with Crippen molar-refractivity contribution in [3.8, 4) is 74.1 Å². The van der Waals surface area contributed by atoms with Gasteiger partial charge in [0.2, 0.25) is 0 Å². The molecule has 0 bridgehead atoms. The molecule has 0 radical (unpaired) electrons. The summed E-state index contributed by atoms with van der Waals surface area (Å²) in [5.41, 5.74) is 10.8. The molecule has 0 amide bonds. The van der Waals surface area contributed by atoms with Gasteiger partial charge < -0.3 is 9.13 Å². The Bertz CT molecular complexity index is 3380. The second-order valence-corrected chi connectivity index (χ2v) is 15.1. The number of nitriles is 1. The fourth-order valence-electron chi connectivity index (χ4n) is 8.72. The second kappa shape index (κ2) is 15.0. The highest BCUT2D eigenvalue weighted by Crippen LogP contribution is 2.44. The molecule has 12 aromatic rings. The lowest BCUT2D eigenvalue weighted by Gasteiger charge is -2.20. The molecular weight excluding hydrogens is 793 g/mol. The maximum atomic E-state index is 10.3. The number of benzene rings is 5. The molecule has 0 fully saturated rings. The van der Waals surface area contributed by atoms with E-state index in [-0.39, 0.29) is 0 Å². The molecule has 0 saturated heterocycles. The van der Waals surface area contributed by atoms with Crippen LogP contribution < -0.4 is 0 Å². The van der Waals surface area contributed by atoms with Crippen LogP contribution in [0.25, 0.3) is 112 Å². The zero-order valence-corrected chi connectivity index (χ0v) is 33.7. The summed E-state index contributed by atoms with van der Waals surface area (Å²) in [7, 11) is 0. The summed E-state index contributed by atoms with van der Waals surface area (Å²) in [6, 6.07) is 42.6. The van der Waals surface area contributed by atoms with E-state index >= 15 is 0 Å². The average molecular weight is 823 g/mol. The van der Waals surface area contributed by atoms with Crippen LogP contribution in [-0.4, -0.2) is 54.0 Å². The molecule has 0 saturated carbocycles. The topological polar surface area (TPSA) is 150 Å². The first-order valence-corrected chi connectivity index (χ1v) is 20.5. The maximum absolute atomic E-state index is 10.3. The van der Waals surface area contributed by atoms with Crippen LogP contribution in [-0.2, 0) is 0 Å². The predicted molar refractivity (Wildman–Crippen MR) is 247 cm³/mol. The van der Waals surface area contributed by atoms with Crippen LogP contribution >= 0.6 is 0 Å². The van der Waals surface area contributed by atoms with Gasteiger partial charge in [-0.1, -0.05) is 60.7 Å². The number of hydrogen-bond acceptors (Lipinski definition) is 10. The van der Waals surface area contributed by atoms with Crippen LogP contribution in [0, 0.1) is 11.3 Å². The van der Waals surface area contributed by atoms with Gasteiger partial charge in [-0.25, -0.2) is 39.9 Å². The molecule has 5 aromatic carbocycles. The fraction of sp³-hybridized carbons (Fsp3) is 0. The fourth-order valence-corrected chi connectivity index (χ4v) is 8.72. The minimum absolute atomic E-state index is 0.523. The summed E-state index contributed by atoms with van der Waals surface area (Å²) in [4.78, 5) is 42.0. The van der Waals surface area contributed by atoms with Gasteiger partial charge in [-0.15, -0.1) is 0 Å². The number of hydrogen-bond donors (Lipinski definition) is 0. The lowest BCUT2D eigenvalue weighted by molar-refractivity contribution is 1.09. The molecule has 0 atom stereocenters. The minimum atomic E-state index is 0.523. The van der Waals surface area contributed by atoms with Crippen LogP contribution in [0.5, 0.6) is 0 Å². The van der Waals surface area contributed by atoms with Crippen LogP contribution in [0.15, 0.2) is 183 Å². The number of rotatable bonds is 7. The number of aromatic nitrogens is 11. The quantitative estimate of drug-likeness (QED) is 0.152. The molecule has 0 spiro atoms. The van der Waals surface area contributed by atoms with Crippen LogP contribution in [0.4, 0.5) is 0 Å². The molecule has 7 heterocycles. The maximum Gasteiger partial charge on any atom is 0.159 e. The van der Waals surface area contributed by atoms with Gasteiger partial charge >= 0.3 is 0 Å². The first-order valence-electron chi connectivity index (χ1n) is 20.5. The van der Waals surface area contributed by atoms with Crippen molar-refractivity contribution in [2.24, 2.45) is 0 Å². The van der Waals surface area contributed by atoms with Crippen LogP contribution in [0.1, 0.15) is 5.56 Å². The van der Waals surface area contributed by atoms with E-state index in [4.69, 9.17) is 4.98 Å². The van der Waals surface area contributed by atoms with Crippen molar-refractivity contribution in [3.05, 3.63) is 189 Å². The molecule has 12 rings (SSSR count). The van der Waals surface area contributed by atoms with Crippen molar-refractivity contribution in [3.63, 3.8) is 0 Å². The molecule has 12 nitrogen and oxygen atoms in total. The number of pyridine rings is 1. The van der Waals surface area contributed by atoms with Gasteiger partial charge in [0.15, 0.2) is 23.3 Å². The Morgan fingerprint density at radius 3 is 1.03 bits per heavy atom. The predicted octanol–water partition coefficient (Wildman–Crippen LogP) is 10.6. The van der Waals surface area contributed by atoms with Crippen molar-refractivity contribution in [1.82, 2.24) is 54.0 Å². The van der Waals surface area contributed by atoms with Crippen molar-refractivity contribution in [2.75, 3.05) is 0 Å². The number of nitrogens with zero attached hydrogens (tertiary/aromatic N) is 12. The Morgan fingerprint density at radius 1 is 0.359 bits per heavy atom. The zero-order valence-electron chi connectivity index (χ0n) is 33.7. The van der Waals surface area contributed by atoms with E-state index in [1.54, 1.807) is 49.6 Å². The lowest BCUT2D eigenvalue weighted by Crippen LogP contribution is -2.05. The van der Waals surface area contributed by atoms with Crippen LogP contribution in [0.2, 0.25) is 0 Å². The van der Waals surface area contributed by atoms with E-state index in [0.29, 0.717) is 28.9 Å². The normalized spacial score (nSPS) is 11.4. The molecule has 0 aliphatic carbocycles. The third kappa shape index (κ3) is 6.03. The monoisotopic (exact) mass is 822 g/mol. The highest BCUT2D eigenvalue weighted by atomic mass is 15.0. The van der Waals surface area contributed by atoms with Gasteiger partial charge in [0, 0.05) is 98.9 Å². The summed E-state index contributed by atoms with van der Waals surface area (Å²) >= 11 is 0. The van der Waals surface area contributed by atoms with Crippen molar-refractivity contribution in [1.29, 1.82) is 5.26 Å². The summed E-state index contributed by atoms with van der Waals surface area (Å²) < 4.78 is 4.49. The molecule has 12 heteroatoms. The van der Waals surface area contributed by atoms with Gasteiger partial charge in [-0.3, -0.25) is 4.98 Å². The van der Waals surface area contributed by atoms with Crippen LogP contribution in [0.3, 0.4) is 0 Å². The molecule has 298 valence electrons. The molecule has 0 aliphatic heterocycles. The highest BCUT2D eigenvalue weighted by molar-refractivity contribution is 6.13. The van der Waals surface area contributed by atoms with Crippen molar-refractivity contribution < 1.29 is 0 Å². The minimum Gasteiger partial charge on any atom is -0.307 e. The Hall–Kier alpha value is -9.34. The third-order valence-corrected chi connectivity index (χ3v) is 11.5. The Kier molecular flexibility index (Phi) is 8.55. The van der Waals surface area contributed by atoms with E-state index in [9.17, 15) is 5.26 Å². The molecule has 7 aromatic heterocycles. The summed E-state index contributed by atoms with van der Waals surface area (Å²) in [5.74, 6) is 2.43. The molecule has 0 aliphatic rings. The summed E-state index contributed by atoms with van der Waals surface area (Å²) in [6.45, 7) is 0. The smallest absolute Gasteiger partial charge is 0.159 e. The molecule has 0 unspecified atom stereocenters. The van der Waals surface area contributed by atoms with E-state index < -0.39 is 0 Å². The first-order chi connectivity index (χ1) is 31.7. The highest BCUT2D eigenvalue weighted by Gasteiger charge is 2.24. The van der Waals surface area contributed by atoms with Gasteiger partial charge in [0.1, 0.15) is 0 Å². The zero-order chi connectivity index (χ0) is 42.6. The first kappa shape index (κ1) is 36.5. The van der Waals surface area contributed by atoms with Crippen molar-refractivity contribution >= 4 is 43.6 Å². The second-order valence-electron chi connectivity index (χ2n) is 15.1. The summed E-state index contributed by atoms with van der Waals surface area (Å²) in [5, 5.41) is 14.4. The van der Waals surface area contributed by atoms with Gasteiger partial charge in [-0.2, -0.15) is 5.26 Å². The van der Waals surface area contributed by atoms with E-state index in [1.807, 2.05) is 60.9 Å². The standard InChI is InChI=1S/C52H30N12/c53-29-32-6-1-7-33(24-32)48-46(63-42-25-34(49-55-16-2-17-56-49)8-12-38(42)39-13-9-35(26-43(39)63)50-57-18-3-19-58-50)30-54-31-47(48)64-44-27-36(51-59-20-4-21-60-51)10-14-40(44)41-15-11-37(28-45(41)64)52-61-22-5-23-62-52/h1-28,30-31H. The molecule has 0 N–H and O–H groups in total. The van der Waals surface area contributed by atoms with Gasteiger partial charge in [0.05, 0.1) is 57.5 Å². The van der Waals surface area contributed by atoms with E-state index in [2.05, 4.69) is 128 Å². The Balaban J connectivity index is 1.23. The Morgan fingerprint density at radius 2 is 0.703 bits per heavy atom. The van der Waals surface area contributed by atoms with Gasteiger partial charge in [-0.05, 0) is 66.2 Å². The third-order valence-electron chi connectivity index (χ3n) is 11.5. The van der Waals surface area contributed by atoms with Gasteiger partial charge in [0.25, 0.3) is 0 Å². The van der Waals surface area contributed by atoms with E-state index in [0.717, 1.165) is 88.4 Å². The molecular formula is C52H30N12. The SMILES string of the molecule is N#Cc1cccc(-c2c(-n3c4cc(-c5ncccn5)ccc4c4ccc(-c5ncccn5)cc43)cncc2-n2c3cc(-c4ncccn4)ccc3c3ccc(-c4ncccn4)cc32)c1.